The quantitative estimate of drug-likeness (QED) is 0.588. The van der Waals surface area contributed by atoms with Gasteiger partial charge in [-0.1, -0.05) is 18.2 Å². The van der Waals surface area contributed by atoms with E-state index in [1.165, 1.54) is 7.11 Å². The average molecular weight is 382 g/mol. The largest absolute Gasteiger partial charge is 0.493 e. The van der Waals surface area contributed by atoms with Crippen molar-refractivity contribution in [2.45, 2.75) is 19.8 Å². The van der Waals surface area contributed by atoms with Gasteiger partial charge in [0, 0.05) is 19.5 Å². The van der Waals surface area contributed by atoms with E-state index in [0.29, 0.717) is 49.7 Å². The second-order valence-corrected chi connectivity index (χ2v) is 6.36. The Balaban J connectivity index is 1.69. The zero-order chi connectivity index (χ0) is 20.4. The Morgan fingerprint density at radius 2 is 1.82 bits per heavy atom. The fourth-order valence-electron chi connectivity index (χ4n) is 2.59. The number of ether oxygens (including phenoxy) is 3. The van der Waals surface area contributed by atoms with E-state index in [1.54, 1.807) is 30.1 Å². The summed E-state index contributed by atoms with van der Waals surface area (Å²) in [6.07, 6.45) is 0.977. The van der Waals surface area contributed by atoms with E-state index in [1.807, 2.05) is 31.2 Å². The first-order valence-corrected chi connectivity index (χ1v) is 9.18. The molecule has 0 saturated carbocycles. The second-order valence-electron chi connectivity index (χ2n) is 6.36. The van der Waals surface area contributed by atoms with Crippen molar-refractivity contribution in [2.75, 3.05) is 33.9 Å². The van der Waals surface area contributed by atoms with Gasteiger partial charge in [0.1, 0.15) is 12.4 Å². The van der Waals surface area contributed by atoms with Gasteiger partial charge in [-0.15, -0.1) is 0 Å². The number of hydrogen-bond acceptors (Lipinski definition) is 5. The Kier molecular flexibility index (Phi) is 8.16. The van der Waals surface area contributed by atoms with Gasteiger partial charge in [-0.25, -0.2) is 0 Å². The molecule has 148 valence electrons. The molecule has 0 heterocycles. The lowest BCUT2D eigenvalue weighted by Gasteiger charge is -2.18. The third kappa shape index (κ3) is 6.20. The number of likely N-dealkylation sites (N-methyl/N-ethyl adjacent to an activating group) is 1. The van der Waals surface area contributed by atoms with Crippen LogP contribution in [0.25, 0.3) is 0 Å². The number of nitrogens with zero attached hydrogens (tertiary/aromatic N) is 2. The van der Waals surface area contributed by atoms with Crippen molar-refractivity contribution in [3.63, 3.8) is 0 Å². The van der Waals surface area contributed by atoms with Crippen molar-refractivity contribution in [3.05, 3.63) is 53.6 Å². The van der Waals surface area contributed by atoms with E-state index >= 15 is 0 Å². The Morgan fingerprint density at radius 1 is 1.07 bits per heavy atom. The first-order valence-electron chi connectivity index (χ1n) is 9.18. The highest BCUT2D eigenvalue weighted by molar-refractivity contribution is 5.75. The van der Waals surface area contributed by atoms with Crippen LogP contribution in [0.1, 0.15) is 24.0 Å². The lowest BCUT2D eigenvalue weighted by Crippen LogP contribution is -2.31. The van der Waals surface area contributed by atoms with Crippen molar-refractivity contribution < 1.29 is 19.0 Å². The summed E-state index contributed by atoms with van der Waals surface area (Å²) in [5.74, 6) is 1.96. The molecule has 0 radical (unpaired) electrons. The predicted octanol–water partition coefficient (Wildman–Crippen LogP) is 3.57. The number of carbonyl (C=O) groups is 1. The van der Waals surface area contributed by atoms with Gasteiger partial charge in [0.15, 0.2) is 11.5 Å². The number of methoxy groups -OCH3 is 1. The number of rotatable bonds is 10. The third-order valence-corrected chi connectivity index (χ3v) is 4.29. The molecule has 0 atom stereocenters. The summed E-state index contributed by atoms with van der Waals surface area (Å²) in [5, 5.41) is 8.92. The van der Waals surface area contributed by atoms with Crippen LogP contribution in [0, 0.1) is 18.3 Å². The highest BCUT2D eigenvalue weighted by Crippen LogP contribution is 2.28. The van der Waals surface area contributed by atoms with Gasteiger partial charge in [-0.2, -0.15) is 5.26 Å². The first-order chi connectivity index (χ1) is 13.5. The first kappa shape index (κ1) is 21.1. The average Bonchev–Trinajstić information content (AvgIpc) is 2.72. The van der Waals surface area contributed by atoms with Crippen LogP contribution in [0.5, 0.6) is 17.2 Å². The van der Waals surface area contributed by atoms with Crippen LogP contribution in [0.2, 0.25) is 0 Å². The molecule has 0 saturated heterocycles. The SMILES string of the molecule is COc1cc(C#N)ccc1OCCCC(=O)N(C)CCOc1ccccc1C. The molecule has 2 aromatic rings. The lowest BCUT2D eigenvalue weighted by atomic mass is 10.2. The normalized spacial score (nSPS) is 10.1. The Hall–Kier alpha value is -3.20. The lowest BCUT2D eigenvalue weighted by molar-refractivity contribution is -0.130. The van der Waals surface area contributed by atoms with Crippen LogP contribution in [-0.2, 0) is 4.79 Å². The Morgan fingerprint density at radius 3 is 2.54 bits per heavy atom. The summed E-state index contributed by atoms with van der Waals surface area (Å²) in [6.45, 7) is 3.36. The number of nitriles is 1. The van der Waals surface area contributed by atoms with E-state index in [9.17, 15) is 4.79 Å². The number of hydrogen-bond donors (Lipinski definition) is 0. The molecular formula is C22H26N2O4. The molecule has 0 fully saturated rings. The highest BCUT2D eigenvalue weighted by atomic mass is 16.5. The van der Waals surface area contributed by atoms with Gasteiger partial charge < -0.3 is 19.1 Å². The second kappa shape index (κ2) is 10.8. The standard InChI is InChI=1S/C22H26N2O4/c1-17-7-4-5-8-19(17)28-14-12-24(2)22(25)9-6-13-27-20-11-10-18(16-23)15-21(20)26-3/h4-5,7-8,10-11,15H,6,9,12-14H2,1-3H3. The van der Waals surface area contributed by atoms with Crippen molar-refractivity contribution >= 4 is 5.91 Å². The maximum atomic E-state index is 12.2. The summed E-state index contributed by atoms with van der Waals surface area (Å²) >= 11 is 0. The van der Waals surface area contributed by atoms with Gasteiger partial charge in [0.2, 0.25) is 5.91 Å². The van der Waals surface area contributed by atoms with Crippen LogP contribution < -0.4 is 14.2 Å². The van der Waals surface area contributed by atoms with E-state index in [2.05, 4.69) is 6.07 Å². The van der Waals surface area contributed by atoms with Gasteiger partial charge >= 0.3 is 0 Å². The summed E-state index contributed by atoms with van der Waals surface area (Å²) < 4.78 is 16.6. The molecule has 0 spiro atoms. The number of carbonyl (C=O) groups excluding carboxylic acids is 1. The zero-order valence-corrected chi connectivity index (χ0v) is 16.6. The molecule has 2 rings (SSSR count). The van der Waals surface area contributed by atoms with Crippen molar-refractivity contribution in [3.8, 4) is 23.3 Å². The minimum atomic E-state index is 0.0452. The van der Waals surface area contributed by atoms with E-state index < -0.39 is 0 Å². The predicted molar refractivity (Wildman–Crippen MR) is 107 cm³/mol. The van der Waals surface area contributed by atoms with Crippen LogP contribution in [0.15, 0.2) is 42.5 Å². The van der Waals surface area contributed by atoms with E-state index in [-0.39, 0.29) is 5.91 Å². The maximum Gasteiger partial charge on any atom is 0.222 e. The molecule has 0 aliphatic rings. The van der Waals surface area contributed by atoms with E-state index in [4.69, 9.17) is 19.5 Å². The molecule has 0 N–H and O–H groups in total. The van der Waals surface area contributed by atoms with Gasteiger partial charge in [0.05, 0.1) is 31.9 Å². The number of para-hydroxylation sites is 1. The Labute approximate surface area is 166 Å². The minimum Gasteiger partial charge on any atom is -0.493 e. The summed E-state index contributed by atoms with van der Waals surface area (Å²) in [7, 11) is 3.30. The maximum absolute atomic E-state index is 12.2. The summed E-state index contributed by atoms with van der Waals surface area (Å²) in [6, 6.07) is 14.9. The summed E-state index contributed by atoms with van der Waals surface area (Å²) in [4.78, 5) is 13.9. The van der Waals surface area contributed by atoms with Crippen LogP contribution in [-0.4, -0.2) is 44.7 Å². The van der Waals surface area contributed by atoms with Crippen LogP contribution >= 0.6 is 0 Å². The van der Waals surface area contributed by atoms with Gasteiger partial charge in [-0.05, 0) is 37.1 Å². The van der Waals surface area contributed by atoms with Crippen molar-refractivity contribution in [1.82, 2.24) is 4.90 Å². The molecule has 0 unspecified atom stereocenters. The molecule has 2 aromatic carbocycles. The van der Waals surface area contributed by atoms with E-state index in [0.717, 1.165) is 11.3 Å². The van der Waals surface area contributed by atoms with Crippen LogP contribution in [0.4, 0.5) is 0 Å². The minimum absolute atomic E-state index is 0.0452. The number of aryl methyl sites for hydroxylation is 1. The topological polar surface area (TPSA) is 71.8 Å². The molecule has 6 nitrogen and oxygen atoms in total. The third-order valence-electron chi connectivity index (χ3n) is 4.29. The van der Waals surface area contributed by atoms with Crippen molar-refractivity contribution in [1.29, 1.82) is 5.26 Å². The Bertz CT molecular complexity index is 830. The molecule has 0 bridgehead atoms. The number of amides is 1. The van der Waals surface area contributed by atoms with Crippen LogP contribution in [0.3, 0.4) is 0 Å². The van der Waals surface area contributed by atoms with Crippen molar-refractivity contribution in [2.24, 2.45) is 0 Å². The molecule has 6 heteroatoms. The fraction of sp³-hybridized carbons (Fsp3) is 0.364. The highest BCUT2D eigenvalue weighted by Gasteiger charge is 2.10. The number of benzene rings is 2. The van der Waals surface area contributed by atoms with Gasteiger partial charge in [0.25, 0.3) is 0 Å². The molecule has 0 aliphatic heterocycles. The monoisotopic (exact) mass is 382 g/mol. The molecular weight excluding hydrogens is 356 g/mol. The molecule has 1 amide bonds. The molecule has 28 heavy (non-hydrogen) atoms. The smallest absolute Gasteiger partial charge is 0.222 e. The zero-order valence-electron chi connectivity index (χ0n) is 16.6. The molecule has 0 aromatic heterocycles. The van der Waals surface area contributed by atoms with Gasteiger partial charge in [-0.3, -0.25) is 4.79 Å². The fourth-order valence-corrected chi connectivity index (χ4v) is 2.59. The molecule has 0 aliphatic carbocycles. The summed E-state index contributed by atoms with van der Waals surface area (Å²) in [5.41, 5.74) is 1.58.